The zero-order chi connectivity index (χ0) is 12.5. The first kappa shape index (κ1) is 11.9. The molecule has 1 aromatic rings. The number of rotatable bonds is 1. The second-order valence-corrected chi connectivity index (χ2v) is 5.77. The van der Waals surface area contributed by atoms with Crippen molar-refractivity contribution in [1.29, 1.82) is 0 Å². The Morgan fingerprint density at radius 3 is 2.72 bits per heavy atom. The smallest absolute Gasteiger partial charge is 0.225 e. The van der Waals surface area contributed by atoms with Crippen LogP contribution in [-0.4, -0.2) is 47.6 Å². The van der Waals surface area contributed by atoms with Gasteiger partial charge in [0.1, 0.15) is 0 Å². The molecule has 3 rings (SSSR count). The van der Waals surface area contributed by atoms with Gasteiger partial charge in [-0.2, -0.15) is 0 Å². The molecule has 4 heteroatoms. The fourth-order valence-electron chi connectivity index (χ4n) is 3.37. The summed E-state index contributed by atoms with van der Waals surface area (Å²) in [5.74, 6) is 1.72. The van der Waals surface area contributed by atoms with Gasteiger partial charge in [0.25, 0.3) is 0 Å². The Kier molecular flexibility index (Phi) is 3.20. The Balaban J connectivity index is 1.81. The molecule has 4 nitrogen and oxygen atoms in total. The third-order valence-corrected chi connectivity index (χ3v) is 4.30. The molecule has 0 aliphatic carbocycles. The number of anilines is 1. The van der Waals surface area contributed by atoms with Crippen LogP contribution < -0.4 is 4.90 Å². The van der Waals surface area contributed by atoms with Crippen LogP contribution in [0.2, 0.25) is 0 Å². The maximum Gasteiger partial charge on any atom is 0.225 e. The van der Waals surface area contributed by atoms with E-state index in [0.29, 0.717) is 6.04 Å². The summed E-state index contributed by atoms with van der Waals surface area (Å²) in [5, 5.41) is 0. The zero-order valence-electron chi connectivity index (χ0n) is 11.3. The number of fused-ring (bicyclic) bond motifs is 1. The van der Waals surface area contributed by atoms with E-state index in [-0.39, 0.29) is 0 Å². The fourth-order valence-corrected chi connectivity index (χ4v) is 3.37. The van der Waals surface area contributed by atoms with Crippen LogP contribution in [0.5, 0.6) is 0 Å². The maximum atomic E-state index is 4.51. The fraction of sp³-hybridized carbons (Fsp3) is 0.714. The zero-order valence-corrected chi connectivity index (χ0v) is 11.3. The summed E-state index contributed by atoms with van der Waals surface area (Å²) >= 11 is 0. The van der Waals surface area contributed by atoms with E-state index in [9.17, 15) is 0 Å². The van der Waals surface area contributed by atoms with E-state index < -0.39 is 0 Å². The van der Waals surface area contributed by atoms with Crippen LogP contribution in [-0.2, 0) is 0 Å². The highest BCUT2D eigenvalue weighted by molar-refractivity contribution is 5.33. The first-order chi connectivity index (χ1) is 8.74. The molecule has 0 N–H and O–H groups in total. The van der Waals surface area contributed by atoms with Crippen molar-refractivity contribution in [3.63, 3.8) is 0 Å². The van der Waals surface area contributed by atoms with E-state index in [2.05, 4.69) is 26.8 Å². The lowest BCUT2D eigenvalue weighted by Gasteiger charge is -2.46. The Morgan fingerprint density at radius 1 is 1.17 bits per heavy atom. The molecule has 0 saturated carbocycles. The standard InChI is InChI=1S/C14H22N4/c1-11-8-15-14(16-9-11)18-6-3-4-12-10-17(2)7-5-13(12)18/h8-9,12-13H,3-7,10H2,1-2H3. The molecule has 0 spiro atoms. The van der Waals surface area contributed by atoms with E-state index in [1.54, 1.807) is 0 Å². The van der Waals surface area contributed by atoms with Crippen molar-refractivity contribution in [2.24, 2.45) is 5.92 Å². The van der Waals surface area contributed by atoms with Gasteiger partial charge in [0.05, 0.1) is 0 Å². The van der Waals surface area contributed by atoms with Crippen LogP contribution >= 0.6 is 0 Å². The van der Waals surface area contributed by atoms with Crippen LogP contribution in [0.1, 0.15) is 24.8 Å². The molecule has 18 heavy (non-hydrogen) atoms. The van der Waals surface area contributed by atoms with Gasteiger partial charge in [0.15, 0.2) is 0 Å². The van der Waals surface area contributed by atoms with Crippen molar-refractivity contribution in [2.75, 3.05) is 31.6 Å². The van der Waals surface area contributed by atoms with Crippen molar-refractivity contribution in [1.82, 2.24) is 14.9 Å². The van der Waals surface area contributed by atoms with Gasteiger partial charge in [-0.3, -0.25) is 0 Å². The largest absolute Gasteiger partial charge is 0.337 e. The number of likely N-dealkylation sites (tertiary alicyclic amines) is 1. The molecule has 2 saturated heterocycles. The number of hydrogen-bond acceptors (Lipinski definition) is 4. The van der Waals surface area contributed by atoms with Crippen LogP contribution in [0.15, 0.2) is 12.4 Å². The molecule has 2 atom stereocenters. The number of aromatic nitrogens is 2. The molecule has 98 valence electrons. The van der Waals surface area contributed by atoms with Gasteiger partial charge in [-0.25, -0.2) is 9.97 Å². The van der Waals surface area contributed by atoms with Crippen molar-refractivity contribution >= 4 is 5.95 Å². The van der Waals surface area contributed by atoms with Crippen molar-refractivity contribution in [3.8, 4) is 0 Å². The monoisotopic (exact) mass is 246 g/mol. The van der Waals surface area contributed by atoms with Gasteiger partial charge in [0.2, 0.25) is 5.95 Å². The molecular formula is C14H22N4. The Labute approximate surface area is 109 Å². The lowest BCUT2D eigenvalue weighted by atomic mass is 9.84. The molecule has 1 aromatic heterocycles. The number of piperidine rings is 2. The lowest BCUT2D eigenvalue weighted by molar-refractivity contribution is 0.153. The summed E-state index contributed by atoms with van der Waals surface area (Å²) in [6.07, 6.45) is 7.74. The van der Waals surface area contributed by atoms with Gasteiger partial charge in [-0.1, -0.05) is 0 Å². The topological polar surface area (TPSA) is 32.3 Å². The van der Waals surface area contributed by atoms with Gasteiger partial charge in [-0.15, -0.1) is 0 Å². The molecule has 0 aromatic carbocycles. The molecule has 2 aliphatic rings. The lowest BCUT2D eigenvalue weighted by Crippen LogP contribution is -2.53. The summed E-state index contributed by atoms with van der Waals surface area (Å²) in [6, 6.07) is 0.651. The Hall–Kier alpha value is -1.16. The number of aryl methyl sites for hydroxylation is 1. The van der Waals surface area contributed by atoms with Crippen molar-refractivity contribution in [2.45, 2.75) is 32.2 Å². The molecule has 0 bridgehead atoms. The number of nitrogens with zero attached hydrogens (tertiary/aromatic N) is 4. The Bertz CT molecular complexity index is 403. The minimum atomic E-state index is 0.651. The molecule has 0 amide bonds. The predicted molar refractivity (Wildman–Crippen MR) is 72.7 cm³/mol. The van der Waals surface area contributed by atoms with Crippen LogP contribution in [0.4, 0.5) is 5.95 Å². The Morgan fingerprint density at radius 2 is 1.94 bits per heavy atom. The normalized spacial score (nSPS) is 29.1. The first-order valence-electron chi connectivity index (χ1n) is 6.98. The molecule has 3 heterocycles. The van der Waals surface area contributed by atoms with E-state index >= 15 is 0 Å². The van der Waals surface area contributed by atoms with Gasteiger partial charge in [0, 0.05) is 31.5 Å². The second kappa shape index (κ2) is 4.84. The van der Waals surface area contributed by atoms with Gasteiger partial charge in [-0.05, 0) is 51.3 Å². The van der Waals surface area contributed by atoms with E-state index in [4.69, 9.17) is 0 Å². The van der Waals surface area contributed by atoms with Gasteiger partial charge < -0.3 is 9.80 Å². The summed E-state index contributed by atoms with van der Waals surface area (Å²) in [4.78, 5) is 13.9. The van der Waals surface area contributed by atoms with E-state index in [1.165, 1.54) is 32.4 Å². The second-order valence-electron chi connectivity index (χ2n) is 5.77. The maximum absolute atomic E-state index is 4.51. The molecule has 2 unspecified atom stereocenters. The minimum Gasteiger partial charge on any atom is -0.337 e. The van der Waals surface area contributed by atoms with Crippen molar-refractivity contribution < 1.29 is 0 Å². The number of hydrogen-bond donors (Lipinski definition) is 0. The summed E-state index contributed by atoms with van der Waals surface area (Å²) in [7, 11) is 2.23. The third kappa shape index (κ3) is 2.21. The molecular weight excluding hydrogens is 224 g/mol. The highest BCUT2D eigenvalue weighted by atomic mass is 15.3. The van der Waals surface area contributed by atoms with Crippen molar-refractivity contribution in [3.05, 3.63) is 18.0 Å². The van der Waals surface area contributed by atoms with Crippen LogP contribution in [0.25, 0.3) is 0 Å². The van der Waals surface area contributed by atoms with Crippen LogP contribution in [0, 0.1) is 12.8 Å². The highest BCUT2D eigenvalue weighted by Gasteiger charge is 2.35. The minimum absolute atomic E-state index is 0.651. The molecule has 2 aliphatic heterocycles. The molecule has 2 fully saturated rings. The average molecular weight is 246 g/mol. The average Bonchev–Trinajstić information content (AvgIpc) is 2.38. The summed E-state index contributed by atoms with van der Waals surface area (Å²) in [6.45, 7) is 5.59. The third-order valence-electron chi connectivity index (χ3n) is 4.30. The first-order valence-corrected chi connectivity index (χ1v) is 6.98. The predicted octanol–water partition coefficient (Wildman–Crippen LogP) is 1.71. The van der Waals surface area contributed by atoms with Crippen LogP contribution in [0.3, 0.4) is 0 Å². The van der Waals surface area contributed by atoms with E-state index in [0.717, 1.165) is 24.0 Å². The van der Waals surface area contributed by atoms with Gasteiger partial charge >= 0.3 is 0 Å². The highest BCUT2D eigenvalue weighted by Crippen LogP contribution is 2.31. The quantitative estimate of drug-likeness (QED) is 0.755. The summed E-state index contributed by atoms with van der Waals surface area (Å²) < 4.78 is 0. The van der Waals surface area contributed by atoms with E-state index in [1.807, 2.05) is 19.3 Å². The SMILES string of the molecule is Cc1cnc(N2CCCC3CN(C)CCC32)nc1. The molecule has 0 radical (unpaired) electrons. The summed E-state index contributed by atoms with van der Waals surface area (Å²) in [5.41, 5.74) is 1.13.